The molecule has 0 amide bonds. The largest absolute Gasteiger partial charge is 0.382 e. The first-order chi connectivity index (χ1) is 7.15. The Morgan fingerprint density at radius 1 is 1.53 bits per heavy atom. The maximum atomic E-state index is 12.9. The summed E-state index contributed by atoms with van der Waals surface area (Å²) < 4.78 is 13.5. The zero-order valence-corrected chi connectivity index (χ0v) is 10.5. The molecule has 1 rings (SSSR count). The van der Waals surface area contributed by atoms with Crippen LogP contribution in [0.25, 0.3) is 0 Å². The molecule has 0 spiro atoms. The van der Waals surface area contributed by atoms with Crippen LogP contribution in [0, 0.1) is 17.7 Å². The van der Waals surface area contributed by atoms with E-state index in [0.29, 0.717) is 21.7 Å². The summed E-state index contributed by atoms with van der Waals surface area (Å²) in [5.74, 6) is 5.37. The molecule has 0 heterocycles. The Morgan fingerprint density at radius 3 is 2.87 bits per heavy atom. The monoisotopic (exact) mass is 289 g/mol. The summed E-state index contributed by atoms with van der Waals surface area (Å²) in [5.41, 5.74) is 0.705. The maximum absolute atomic E-state index is 12.9. The summed E-state index contributed by atoms with van der Waals surface area (Å²) >= 11 is 9.12. The average Bonchev–Trinajstić information content (AvgIpc) is 2.15. The smallest absolute Gasteiger partial charge is 0.125 e. The lowest BCUT2D eigenvalue weighted by Gasteiger charge is -2.09. The SMILES string of the molecule is CC#CCCNc1c(Cl)cc(F)cc1Br. The van der Waals surface area contributed by atoms with E-state index in [1.165, 1.54) is 12.1 Å². The quantitative estimate of drug-likeness (QED) is 0.654. The van der Waals surface area contributed by atoms with Crippen molar-refractivity contribution in [1.82, 2.24) is 0 Å². The Labute approximate surface area is 102 Å². The second kappa shape index (κ2) is 5.99. The fourth-order valence-electron chi connectivity index (χ4n) is 1.09. The molecular weight excluding hydrogens is 280 g/mol. The topological polar surface area (TPSA) is 12.0 Å². The third kappa shape index (κ3) is 3.73. The van der Waals surface area contributed by atoms with E-state index in [-0.39, 0.29) is 5.82 Å². The van der Waals surface area contributed by atoms with E-state index in [1.54, 1.807) is 6.92 Å². The molecule has 0 aromatic heterocycles. The van der Waals surface area contributed by atoms with Crippen molar-refractivity contribution < 1.29 is 4.39 Å². The predicted octanol–water partition coefficient (Wildman–Crippen LogP) is 4.07. The molecule has 1 N–H and O–H groups in total. The highest BCUT2D eigenvalue weighted by Crippen LogP contribution is 2.31. The van der Waals surface area contributed by atoms with Crippen molar-refractivity contribution >= 4 is 33.2 Å². The van der Waals surface area contributed by atoms with Crippen LogP contribution in [0.4, 0.5) is 10.1 Å². The standard InChI is InChI=1S/C11H10BrClFN/c1-2-3-4-5-15-11-9(12)6-8(14)7-10(11)13/h6-7,15H,4-5H2,1H3. The Hall–Kier alpha value is -0.720. The normalized spacial score (nSPS) is 9.33. The van der Waals surface area contributed by atoms with E-state index < -0.39 is 0 Å². The van der Waals surface area contributed by atoms with Crippen molar-refractivity contribution in [2.45, 2.75) is 13.3 Å². The van der Waals surface area contributed by atoms with Crippen LogP contribution in [-0.2, 0) is 0 Å². The molecule has 0 aliphatic rings. The third-order valence-corrected chi connectivity index (χ3v) is 2.66. The third-order valence-electron chi connectivity index (χ3n) is 1.74. The van der Waals surface area contributed by atoms with E-state index in [2.05, 4.69) is 33.1 Å². The van der Waals surface area contributed by atoms with E-state index in [9.17, 15) is 4.39 Å². The molecule has 1 nitrogen and oxygen atoms in total. The Balaban J connectivity index is 2.71. The van der Waals surface area contributed by atoms with Gasteiger partial charge < -0.3 is 5.32 Å². The molecule has 0 bridgehead atoms. The predicted molar refractivity (Wildman–Crippen MR) is 65.7 cm³/mol. The number of rotatable bonds is 3. The van der Waals surface area contributed by atoms with Gasteiger partial charge in [0.2, 0.25) is 0 Å². The molecule has 0 fully saturated rings. The highest BCUT2D eigenvalue weighted by molar-refractivity contribution is 9.10. The van der Waals surface area contributed by atoms with Gasteiger partial charge in [0, 0.05) is 17.4 Å². The van der Waals surface area contributed by atoms with Crippen molar-refractivity contribution in [3.8, 4) is 11.8 Å². The molecule has 0 unspecified atom stereocenters. The van der Waals surface area contributed by atoms with Crippen LogP contribution >= 0.6 is 27.5 Å². The van der Waals surface area contributed by atoms with Gasteiger partial charge in [-0.2, -0.15) is 0 Å². The maximum Gasteiger partial charge on any atom is 0.125 e. The van der Waals surface area contributed by atoms with E-state index in [1.807, 2.05) is 0 Å². The molecule has 80 valence electrons. The Bertz CT molecular complexity index is 386. The second-order valence-electron chi connectivity index (χ2n) is 2.85. The van der Waals surface area contributed by atoms with Gasteiger partial charge in [0.05, 0.1) is 10.7 Å². The molecule has 4 heteroatoms. The first-order valence-electron chi connectivity index (χ1n) is 4.43. The van der Waals surface area contributed by atoms with E-state index >= 15 is 0 Å². The van der Waals surface area contributed by atoms with Crippen molar-refractivity contribution in [1.29, 1.82) is 0 Å². The first-order valence-corrected chi connectivity index (χ1v) is 5.60. The van der Waals surface area contributed by atoms with Gasteiger partial charge in [-0.3, -0.25) is 0 Å². The summed E-state index contributed by atoms with van der Waals surface area (Å²) in [6.45, 7) is 2.48. The number of anilines is 1. The first kappa shape index (κ1) is 12.4. The molecule has 0 saturated carbocycles. The highest BCUT2D eigenvalue weighted by atomic mass is 79.9. The van der Waals surface area contributed by atoms with Gasteiger partial charge in [0.15, 0.2) is 0 Å². The summed E-state index contributed by atoms with van der Waals surface area (Å²) in [6, 6.07) is 2.65. The minimum absolute atomic E-state index is 0.356. The lowest BCUT2D eigenvalue weighted by atomic mass is 10.3. The Morgan fingerprint density at radius 2 is 2.27 bits per heavy atom. The lowest BCUT2D eigenvalue weighted by molar-refractivity contribution is 0.627. The van der Waals surface area contributed by atoms with Gasteiger partial charge in [-0.15, -0.1) is 11.8 Å². The molecule has 1 aromatic rings. The van der Waals surface area contributed by atoms with Crippen LogP contribution in [0.2, 0.25) is 5.02 Å². The van der Waals surface area contributed by atoms with Gasteiger partial charge in [-0.1, -0.05) is 11.6 Å². The molecule has 15 heavy (non-hydrogen) atoms. The zero-order chi connectivity index (χ0) is 11.3. The van der Waals surface area contributed by atoms with Crippen LogP contribution in [0.1, 0.15) is 13.3 Å². The van der Waals surface area contributed by atoms with Crippen molar-refractivity contribution in [2.24, 2.45) is 0 Å². The molecule has 0 saturated heterocycles. The minimum Gasteiger partial charge on any atom is -0.382 e. The van der Waals surface area contributed by atoms with Crippen molar-refractivity contribution in [2.75, 3.05) is 11.9 Å². The lowest BCUT2D eigenvalue weighted by Crippen LogP contribution is -2.02. The summed E-state index contributed by atoms with van der Waals surface area (Å²) in [4.78, 5) is 0. The molecule has 1 aromatic carbocycles. The molecule has 0 radical (unpaired) electrons. The zero-order valence-electron chi connectivity index (χ0n) is 8.20. The van der Waals surface area contributed by atoms with Crippen LogP contribution < -0.4 is 5.32 Å². The fraction of sp³-hybridized carbons (Fsp3) is 0.273. The number of hydrogen-bond donors (Lipinski definition) is 1. The van der Waals surface area contributed by atoms with Crippen LogP contribution in [0.3, 0.4) is 0 Å². The summed E-state index contributed by atoms with van der Waals surface area (Å²) in [5, 5.41) is 3.46. The number of halogens is 3. The fourth-order valence-corrected chi connectivity index (χ4v) is 2.05. The van der Waals surface area contributed by atoms with Crippen LogP contribution in [-0.4, -0.2) is 6.54 Å². The van der Waals surface area contributed by atoms with Gasteiger partial charge in [-0.05, 0) is 35.0 Å². The summed E-state index contributed by atoms with van der Waals surface area (Å²) in [6.07, 6.45) is 0.733. The van der Waals surface area contributed by atoms with Crippen LogP contribution in [0.15, 0.2) is 16.6 Å². The molecule has 0 aliphatic carbocycles. The Kier molecular flexibility index (Phi) is 4.93. The second-order valence-corrected chi connectivity index (χ2v) is 4.11. The van der Waals surface area contributed by atoms with Gasteiger partial charge >= 0.3 is 0 Å². The molecule has 0 aliphatic heterocycles. The minimum atomic E-state index is -0.356. The molecule has 0 atom stereocenters. The van der Waals surface area contributed by atoms with Gasteiger partial charge in [0.1, 0.15) is 5.82 Å². The average molecular weight is 291 g/mol. The number of hydrogen-bond acceptors (Lipinski definition) is 1. The van der Waals surface area contributed by atoms with Crippen LogP contribution in [0.5, 0.6) is 0 Å². The highest BCUT2D eigenvalue weighted by Gasteiger charge is 2.06. The van der Waals surface area contributed by atoms with E-state index in [4.69, 9.17) is 11.6 Å². The molecular formula is C11H10BrClFN. The van der Waals surface area contributed by atoms with E-state index in [0.717, 1.165) is 6.42 Å². The van der Waals surface area contributed by atoms with Gasteiger partial charge in [0.25, 0.3) is 0 Å². The summed E-state index contributed by atoms with van der Waals surface area (Å²) in [7, 11) is 0. The van der Waals surface area contributed by atoms with Crippen molar-refractivity contribution in [3.05, 3.63) is 27.4 Å². The number of benzene rings is 1. The number of nitrogens with one attached hydrogen (secondary N) is 1. The van der Waals surface area contributed by atoms with Crippen molar-refractivity contribution in [3.63, 3.8) is 0 Å². The van der Waals surface area contributed by atoms with Gasteiger partial charge in [-0.25, -0.2) is 4.39 Å².